The Hall–Kier alpha value is -2.01. The summed E-state index contributed by atoms with van der Waals surface area (Å²) in [5.74, 6) is 0.887. The van der Waals surface area contributed by atoms with E-state index in [1.807, 2.05) is 56.0 Å². The van der Waals surface area contributed by atoms with Crippen LogP contribution in [0.25, 0.3) is 0 Å². The molecule has 1 aromatic rings. The Morgan fingerprint density at radius 1 is 1.24 bits per heavy atom. The summed E-state index contributed by atoms with van der Waals surface area (Å²) in [6.07, 6.45) is 3.58. The number of hydrogen-bond donors (Lipinski definition) is 0. The second-order valence-corrected chi connectivity index (χ2v) is 7.59. The molecule has 5 nitrogen and oxygen atoms in total. The molecule has 1 aromatic carbocycles. The first-order valence-corrected chi connectivity index (χ1v) is 8.89. The number of rotatable bonds is 4. The first-order chi connectivity index (χ1) is 11.9. The average molecular weight is 345 g/mol. The smallest absolute Gasteiger partial charge is 0.411 e. The van der Waals surface area contributed by atoms with Gasteiger partial charge in [-0.2, -0.15) is 0 Å². The van der Waals surface area contributed by atoms with Gasteiger partial charge < -0.3 is 14.2 Å². The third-order valence-corrected chi connectivity index (χ3v) is 4.31. The number of ether oxygens (including phenoxy) is 3. The Kier molecular flexibility index (Phi) is 5.33. The van der Waals surface area contributed by atoms with E-state index in [1.54, 1.807) is 0 Å². The second-order valence-electron chi connectivity index (χ2n) is 7.59. The van der Waals surface area contributed by atoms with E-state index in [-0.39, 0.29) is 18.2 Å². The maximum Gasteiger partial charge on any atom is 0.411 e. The number of benzene rings is 1. The predicted molar refractivity (Wildman–Crippen MR) is 95.7 cm³/mol. The third-order valence-electron chi connectivity index (χ3n) is 4.31. The lowest BCUT2D eigenvalue weighted by molar-refractivity contribution is -0.0538. The molecule has 2 aliphatic heterocycles. The summed E-state index contributed by atoms with van der Waals surface area (Å²) in [4.78, 5) is 14.4. The van der Waals surface area contributed by atoms with Crippen molar-refractivity contribution in [3.8, 4) is 5.75 Å². The SMILES string of the molecule is CC(C)(C)OC(=O)N1C2C=C(CCOc3ccccc3)CC1COC2. The summed E-state index contributed by atoms with van der Waals surface area (Å²) in [6.45, 7) is 7.41. The lowest BCUT2D eigenvalue weighted by atomic mass is 9.93. The second kappa shape index (κ2) is 7.48. The molecule has 1 amide bonds. The fraction of sp³-hybridized carbons (Fsp3) is 0.550. The van der Waals surface area contributed by atoms with Gasteiger partial charge in [-0.1, -0.05) is 29.8 Å². The number of fused-ring (bicyclic) bond motifs is 2. The molecule has 0 spiro atoms. The van der Waals surface area contributed by atoms with Gasteiger partial charge in [0, 0.05) is 6.42 Å². The minimum Gasteiger partial charge on any atom is -0.493 e. The maximum atomic E-state index is 12.5. The number of para-hydroxylation sites is 1. The molecule has 2 bridgehead atoms. The number of nitrogens with zero attached hydrogens (tertiary/aromatic N) is 1. The van der Waals surface area contributed by atoms with Gasteiger partial charge in [0.05, 0.1) is 31.9 Å². The van der Waals surface area contributed by atoms with E-state index >= 15 is 0 Å². The molecule has 0 saturated carbocycles. The van der Waals surface area contributed by atoms with Crippen molar-refractivity contribution in [2.24, 2.45) is 0 Å². The van der Waals surface area contributed by atoms with E-state index < -0.39 is 5.60 Å². The Morgan fingerprint density at radius 3 is 2.68 bits per heavy atom. The van der Waals surface area contributed by atoms with Crippen LogP contribution >= 0.6 is 0 Å². The zero-order chi connectivity index (χ0) is 17.9. The zero-order valence-electron chi connectivity index (χ0n) is 15.2. The summed E-state index contributed by atoms with van der Waals surface area (Å²) < 4.78 is 17.0. The molecule has 1 saturated heterocycles. The minimum atomic E-state index is -0.486. The van der Waals surface area contributed by atoms with Crippen LogP contribution in [0.2, 0.25) is 0 Å². The maximum absolute atomic E-state index is 12.5. The Labute approximate surface area is 149 Å². The van der Waals surface area contributed by atoms with Crippen molar-refractivity contribution < 1.29 is 19.0 Å². The zero-order valence-corrected chi connectivity index (χ0v) is 15.2. The Morgan fingerprint density at radius 2 is 2.00 bits per heavy atom. The van der Waals surface area contributed by atoms with Crippen molar-refractivity contribution in [1.29, 1.82) is 0 Å². The quantitative estimate of drug-likeness (QED) is 0.779. The van der Waals surface area contributed by atoms with E-state index in [1.165, 1.54) is 5.57 Å². The van der Waals surface area contributed by atoms with Crippen LogP contribution in [-0.2, 0) is 9.47 Å². The molecule has 136 valence electrons. The van der Waals surface area contributed by atoms with Crippen LogP contribution in [0, 0.1) is 0 Å². The van der Waals surface area contributed by atoms with Crippen LogP contribution in [0.3, 0.4) is 0 Å². The normalized spacial score (nSPS) is 23.0. The molecule has 25 heavy (non-hydrogen) atoms. The number of carbonyl (C=O) groups excluding carboxylic acids is 1. The van der Waals surface area contributed by atoms with Gasteiger partial charge in [0.1, 0.15) is 11.4 Å². The van der Waals surface area contributed by atoms with Crippen molar-refractivity contribution in [3.05, 3.63) is 42.0 Å². The largest absolute Gasteiger partial charge is 0.493 e. The summed E-state index contributed by atoms with van der Waals surface area (Å²) in [5.41, 5.74) is 0.841. The van der Waals surface area contributed by atoms with E-state index in [0.29, 0.717) is 19.8 Å². The summed E-state index contributed by atoms with van der Waals surface area (Å²) in [6, 6.07) is 9.83. The van der Waals surface area contributed by atoms with Crippen molar-refractivity contribution >= 4 is 6.09 Å². The highest BCUT2D eigenvalue weighted by atomic mass is 16.6. The van der Waals surface area contributed by atoms with Gasteiger partial charge in [-0.15, -0.1) is 0 Å². The summed E-state index contributed by atoms with van der Waals surface area (Å²) >= 11 is 0. The highest BCUT2D eigenvalue weighted by Gasteiger charge is 2.39. The molecule has 5 heteroatoms. The Balaban J connectivity index is 1.60. The predicted octanol–water partition coefficient (Wildman–Crippen LogP) is 3.79. The van der Waals surface area contributed by atoms with Gasteiger partial charge in [-0.25, -0.2) is 4.79 Å². The number of hydrogen-bond acceptors (Lipinski definition) is 4. The molecule has 0 aliphatic carbocycles. The molecular formula is C20H27NO4. The van der Waals surface area contributed by atoms with E-state index in [0.717, 1.165) is 18.6 Å². The van der Waals surface area contributed by atoms with Crippen molar-refractivity contribution in [1.82, 2.24) is 4.90 Å². The highest BCUT2D eigenvalue weighted by molar-refractivity contribution is 5.70. The van der Waals surface area contributed by atoms with Gasteiger partial charge in [0.25, 0.3) is 0 Å². The van der Waals surface area contributed by atoms with Gasteiger partial charge in [0.15, 0.2) is 0 Å². The first-order valence-electron chi connectivity index (χ1n) is 8.89. The molecule has 0 radical (unpaired) electrons. The molecule has 1 fully saturated rings. The van der Waals surface area contributed by atoms with E-state index in [9.17, 15) is 4.79 Å². The molecule has 2 unspecified atom stereocenters. The fourth-order valence-corrected chi connectivity index (χ4v) is 3.29. The average Bonchev–Trinajstić information content (AvgIpc) is 2.53. The molecule has 2 heterocycles. The lowest BCUT2D eigenvalue weighted by Gasteiger charge is -2.44. The van der Waals surface area contributed by atoms with Crippen LogP contribution in [0.15, 0.2) is 42.0 Å². The van der Waals surface area contributed by atoms with Gasteiger partial charge in [-0.05, 0) is 39.3 Å². The van der Waals surface area contributed by atoms with E-state index in [4.69, 9.17) is 14.2 Å². The van der Waals surface area contributed by atoms with Gasteiger partial charge in [0.2, 0.25) is 0 Å². The van der Waals surface area contributed by atoms with Gasteiger partial charge >= 0.3 is 6.09 Å². The van der Waals surface area contributed by atoms with Crippen LogP contribution in [0.4, 0.5) is 4.79 Å². The van der Waals surface area contributed by atoms with Crippen LogP contribution in [-0.4, -0.2) is 48.5 Å². The molecule has 0 aromatic heterocycles. The van der Waals surface area contributed by atoms with Crippen molar-refractivity contribution in [3.63, 3.8) is 0 Å². The lowest BCUT2D eigenvalue weighted by Crippen LogP contribution is -2.57. The standard InChI is InChI=1S/C20H27NO4/c1-20(2,3)25-19(22)21-16-11-15(12-17(21)14-23-13-16)9-10-24-18-7-5-4-6-8-18/h4-8,11,16-17H,9-10,12-14H2,1-3H3. The summed E-state index contributed by atoms with van der Waals surface area (Å²) in [5, 5.41) is 0. The molecule has 0 N–H and O–H groups in total. The molecule has 3 rings (SSSR count). The Bertz CT molecular complexity index is 620. The molecule has 2 atom stereocenters. The fourth-order valence-electron chi connectivity index (χ4n) is 3.29. The first kappa shape index (κ1) is 17.8. The molecule has 2 aliphatic rings. The summed E-state index contributed by atoms with van der Waals surface area (Å²) in [7, 11) is 0. The van der Waals surface area contributed by atoms with Crippen LogP contribution < -0.4 is 4.74 Å². The highest BCUT2D eigenvalue weighted by Crippen LogP contribution is 2.30. The number of carbonyl (C=O) groups is 1. The van der Waals surface area contributed by atoms with Gasteiger partial charge in [-0.3, -0.25) is 4.90 Å². The number of amides is 1. The number of morpholine rings is 1. The minimum absolute atomic E-state index is 0.0466. The van der Waals surface area contributed by atoms with Crippen molar-refractivity contribution in [2.45, 2.75) is 51.3 Å². The molecular weight excluding hydrogens is 318 g/mol. The van der Waals surface area contributed by atoms with Crippen LogP contribution in [0.1, 0.15) is 33.6 Å². The monoisotopic (exact) mass is 345 g/mol. The van der Waals surface area contributed by atoms with Crippen molar-refractivity contribution in [2.75, 3.05) is 19.8 Å². The third kappa shape index (κ3) is 4.75. The topological polar surface area (TPSA) is 48.0 Å². The van der Waals surface area contributed by atoms with E-state index in [2.05, 4.69) is 6.08 Å². The van der Waals surface area contributed by atoms with Crippen LogP contribution in [0.5, 0.6) is 5.75 Å².